The van der Waals surface area contributed by atoms with E-state index in [0.717, 1.165) is 30.0 Å². The summed E-state index contributed by atoms with van der Waals surface area (Å²) >= 11 is 0.977. The fourth-order valence-corrected chi connectivity index (χ4v) is 3.41. The molecule has 0 bridgehead atoms. The average Bonchev–Trinajstić information content (AvgIpc) is 3.02. The zero-order valence-electron chi connectivity index (χ0n) is 15.5. The molecular formula is C20H15F5N2O2S. The summed E-state index contributed by atoms with van der Waals surface area (Å²) in [7, 11) is 0. The minimum Gasteiger partial charge on any atom is -0.454 e. The Bertz CT molecular complexity index is 1030. The van der Waals surface area contributed by atoms with E-state index in [2.05, 4.69) is 10.3 Å². The highest BCUT2D eigenvalue weighted by Crippen LogP contribution is 2.39. The third-order valence-corrected chi connectivity index (χ3v) is 4.85. The van der Waals surface area contributed by atoms with Crippen molar-refractivity contribution in [2.45, 2.75) is 13.1 Å². The second-order valence-corrected chi connectivity index (χ2v) is 7.26. The predicted octanol–water partition coefficient (Wildman–Crippen LogP) is 5.47. The minimum absolute atomic E-state index is 0.0878. The van der Waals surface area contributed by atoms with Crippen molar-refractivity contribution in [3.63, 3.8) is 0 Å². The van der Waals surface area contributed by atoms with Gasteiger partial charge in [-0.3, -0.25) is 9.79 Å². The third-order valence-electron chi connectivity index (χ3n) is 3.90. The van der Waals surface area contributed by atoms with Gasteiger partial charge in [-0.25, -0.2) is 8.78 Å². The molecule has 2 aromatic carbocycles. The molecule has 0 aromatic heterocycles. The molecule has 0 spiro atoms. The summed E-state index contributed by atoms with van der Waals surface area (Å²) in [6, 6.07) is 7.09. The Balaban J connectivity index is 1.83. The summed E-state index contributed by atoms with van der Waals surface area (Å²) in [5.74, 6) is -2.27. The standard InChI is InChI=1S/C20H15F5N2O2S/c1-11-2-4-15(13(8-11)20(23,24)25)29-16-5-3-12(9-14(16)22)10-17-18(28)27-19(30-17)26-7-6-21/h2-5,8-10H,6-7H2,1H3,(H,26,27,28)/b17-10-. The van der Waals surface area contributed by atoms with E-state index in [1.165, 1.54) is 31.2 Å². The van der Waals surface area contributed by atoms with Gasteiger partial charge < -0.3 is 10.1 Å². The van der Waals surface area contributed by atoms with Crippen molar-refractivity contribution < 1.29 is 31.5 Å². The molecule has 158 valence electrons. The summed E-state index contributed by atoms with van der Waals surface area (Å²) in [5.41, 5.74) is -0.324. The topological polar surface area (TPSA) is 50.7 Å². The Morgan fingerprint density at radius 3 is 2.57 bits per heavy atom. The molecule has 0 saturated carbocycles. The van der Waals surface area contributed by atoms with Crippen LogP contribution in [-0.2, 0) is 11.0 Å². The molecule has 1 heterocycles. The molecule has 1 aliphatic rings. The van der Waals surface area contributed by atoms with Gasteiger partial charge >= 0.3 is 6.18 Å². The molecule has 2 aromatic rings. The smallest absolute Gasteiger partial charge is 0.419 e. The van der Waals surface area contributed by atoms with Gasteiger partial charge in [0.1, 0.15) is 12.4 Å². The van der Waals surface area contributed by atoms with E-state index < -0.39 is 35.9 Å². The van der Waals surface area contributed by atoms with Gasteiger partial charge in [0.2, 0.25) is 0 Å². The van der Waals surface area contributed by atoms with E-state index in [9.17, 15) is 26.7 Å². The first-order chi connectivity index (χ1) is 14.2. The Labute approximate surface area is 172 Å². The molecule has 10 heteroatoms. The van der Waals surface area contributed by atoms with Crippen molar-refractivity contribution in [3.05, 3.63) is 63.8 Å². The zero-order chi connectivity index (χ0) is 21.9. The molecule has 1 N–H and O–H groups in total. The molecule has 1 amide bonds. The highest BCUT2D eigenvalue weighted by molar-refractivity contribution is 8.18. The van der Waals surface area contributed by atoms with Crippen molar-refractivity contribution in [3.8, 4) is 11.5 Å². The zero-order valence-corrected chi connectivity index (χ0v) is 16.3. The lowest BCUT2D eigenvalue weighted by Gasteiger charge is -2.15. The van der Waals surface area contributed by atoms with Crippen LogP contribution in [0.25, 0.3) is 6.08 Å². The van der Waals surface area contributed by atoms with E-state index in [1.54, 1.807) is 0 Å². The van der Waals surface area contributed by atoms with Crippen molar-refractivity contribution >= 4 is 28.9 Å². The first kappa shape index (κ1) is 21.8. The summed E-state index contributed by atoms with van der Waals surface area (Å²) in [6.07, 6.45) is -3.27. The number of amides is 1. The number of aryl methyl sites for hydroxylation is 1. The van der Waals surface area contributed by atoms with Crippen molar-refractivity contribution in [2.24, 2.45) is 4.99 Å². The van der Waals surface area contributed by atoms with Crippen molar-refractivity contribution in [1.29, 1.82) is 0 Å². The number of nitrogens with zero attached hydrogens (tertiary/aromatic N) is 1. The van der Waals surface area contributed by atoms with Gasteiger partial charge in [0, 0.05) is 0 Å². The number of carbonyl (C=O) groups excluding carboxylic acids is 1. The second-order valence-electron chi connectivity index (χ2n) is 6.23. The molecule has 1 aliphatic heterocycles. The van der Waals surface area contributed by atoms with Crippen LogP contribution in [-0.4, -0.2) is 24.3 Å². The van der Waals surface area contributed by atoms with Gasteiger partial charge in [-0.15, -0.1) is 0 Å². The number of aliphatic imine (C=N–C) groups is 1. The van der Waals surface area contributed by atoms with Crippen LogP contribution in [0.15, 0.2) is 46.3 Å². The van der Waals surface area contributed by atoms with Gasteiger partial charge in [-0.05, 0) is 54.6 Å². The van der Waals surface area contributed by atoms with Crippen LogP contribution in [0, 0.1) is 12.7 Å². The first-order valence-electron chi connectivity index (χ1n) is 8.64. The molecule has 1 fully saturated rings. The van der Waals surface area contributed by atoms with E-state index in [-0.39, 0.29) is 22.4 Å². The normalized spacial score (nSPS) is 16.9. The lowest BCUT2D eigenvalue weighted by Crippen LogP contribution is -2.20. The maximum absolute atomic E-state index is 14.4. The average molecular weight is 442 g/mol. The fraction of sp³-hybridized carbons (Fsp3) is 0.200. The van der Waals surface area contributed by atoms with Gasteiger partial charge in [-0.2, -0.15) is 13.2 Å². The van der Waals surface area contributed by atoms with Gasteiger partial charge in [0.05, 0.1) is 17.0 Å². The number of nitrogens with one attached hydrogen (secondary N) is 1. The van der Waals surface area contributed by atoms with Crippen molar-refractivity contribution in [2.75, 3.05) is 13.2 Å². The van der Waals surface area contributed by atoms with Crippen molar-refractivity contribution in [1.82, 2.24) is 5.32 Å². The van der Waals surface area contributed by atoms with Gasteiger partial charge in [0.15, 0.2) is 16.7 Å². The van der Waals surface area contributed by atoms with Crippen LogP contribution in [0.4, 0.5) is 22.0 Å². The summed E-state index contributed by atoms with van der Waals surface area (Å²) in [6.45, 7) is 0.755. The Morgan fingerprint density at radius 1 is 1.17 bits per heavy atom. The number of hydrogen-bond donors (Lipinski definition) is 1. The molecule has 0 aliphatic carbocycles. The molecule has 4 nitrogen and oxygen atoms in total. The lowest BCUT2D eigenvalue weighted by atomic mass is 10.1. The fourth-order valence-electron chi connectivity index (χ4n) is 2.56. The summed E-state index contributed by atoms with van der Waals surface area (Å²) in [4.78, 5) is 16.0. The second kappa shape index (κ2) is 8.86. The Hall–Kier alpha value is -2.88. The number of ether oxygens (including phenoxy) is 1. The number of halogens is 5. The van der Waals surface area contributed by atoms with E-state index in [0.29, 0.717) is 11.1 Å². The van der Waals surface area contributed by atoms with Gasteiger partial charge in [-0.1, -0.05) is 17.7 Å². The van der Waals surface area contributed by atoms with Crippen LogP contribution < -0.4 is 10.1 Å². The molecule has 0 radical (unpaired) electrons. The Morgan fingerprint density at radius 2 is 1.90 bits per heavy atom. The number of hydrogen-bond acceptors (Lipinski definition) is 4. The number of alkyl halides is 4. The molecule has 3 rings (SSSR count). The third kappa shape index (κ3) is 5.18. The molecule has 0 unspecified atom stereocenters. The van der Waals surface area contributed by atoms with E-state index >= 15 is 0 Å². The quantitative estimate of drug-likeness (QED) is 0.493. The number of thioether (sulfide) groups is 1. The number of amidine groups is 1. The lowest BCUT2D eigenvalue weighted by molar-refractivity contribution is -0.138. The molecular weight excluding hydrogens is 427 g/mol. The monoisotopic (exact) mass is 442 g/mol. The molecule has 1 saturated heterocycles. The summed E-state index contributed by atoms with van der Waals surface area (Å²) < 4.78 is 71.5. The van der Waals surface area contributed by atoms with Crippen LogP contribution in [0.1, 0.15) is 16.7 Å². The van der Waals surface area contributed by atoms with Crippen LogP contribution >= 0.6 is 11.8 Å². The maximum Gasteiger partial charge on any atom is 0.419 e. The van der Waals surface area contributed by atoms with Crippen LogP contribution in [0.5, 0.6) is 11.5 Å². The highest BCUT2D eigenvalue weighted by atomic mass is 32.2. The highest BCUT2D eigenvalue weighted by Gasteiger charge is 2.35. The molecule has 30 heavy (non-hydrogen) atoms. The first-order valence-corrected chi connectivity index (χ1v) is 9.45. The molecule has 0 atom stereocenters. The SMILES string of the molecule is Cc1ccc(Oc2ccc(/C=C3\SC(=NCCF)NC3=O)cc2F)c(C(F)(F)F)c1. The predicted molar refractivity (Wildman–Crippen MR) is 105 cm³/mol. The summed E-state index contributed by atoms with van der Waals surface area (Å²) in [5, 5.41) is 2.70. The number of rotatable bonds is 5. The maximum atomic E-state index is 14.4. The Kier molecular flexibility index (Phi) is 6.45. The van der Waals surface area contributed by atoms with E-state index in [4.69, 9.17) is 4.74 Å². The van der Waals surface area contributed by atoms with Crippen LogP contribution in [0.3, 0.4) is 0 Å². The van der Waals surface area contributed by atoms with Crippen LogP contribution in [0.2, 0.25) is 0 Å². The largest absolute Gasteiger partial charge is 0.454 e. The number of benzene rings is 2. The van der Waals surface area contributed by atoms with Gasteiger partial charge in [0.25, 0.3) is 5.91 Å². The minimum atomic E-state index is -4.66. The number of carbonyl (C=O) groups is 1. The van der Waals surface area contributed by atoms with E-state index in [1.807, 2.05) is 0 Å².